The summed E-state index contributed by atoms with van der Waals surface area (Å²) < 4.78 is 21.0. The summed E-state index contributed by atoms with van der Waals surface area (Å²) in [6, 6.07) is 16.5. The van der Waals surface area contributed by atoms with Crippen LogP contribution in [0.5, 0.6) is 0 Å². The van der Waals surface area contributed by atoms with E-state index >= 15 is 0 Å². The SMILES string of the molecule is O=C(CSc1ncc(-c2ccc(F)cc2)n1Cc1ccccc1)NCC1CCCO1. The van der Waals surface area contributed by atoms with Gasteiger partial charge in [0.2, 0.25) is 5.91 Å². The van der Waals surface area contributed by atoms with E-state index in [-0.39, 0.29) is 23.6 Å². The number of nitrogens with one attached hydrogen (secondary N) is 1. The topological polar surface area (TPSA) is 56.2 Å². The normalized spacial score (nSPS) is 16.0. The fourth-order valence-corrected chi connectivity index (χ4v) is 4.27. The summed E-state index contributed by atoms with van der Waals surface area (Å²) in [6.45, 7) is 1.95. The molecule has 30 heavy (non-hydrogen) atoms. The van der Waals surface area contributed by atoms with Crippen LogP contribution in [0, 0.1) is 5.82 Å². The van der Waals surface area contributed by atoms with Crippen LogP contribution < -0.4 is 5.32 Å². The molecule has 5 nitrogen and oxygen atoms in total. The molecule has 156 valence electrons. The van der Waals surface area contributed by atoms with Crippen LogP contribution in [0.25, 0.3) is 11.3 Å². The van der Waals surface area contributed by atoms with Crippen molar-refractivity contribution in [1.82, 2.24) is 14.9 Å². The van der Waals surface area contributed by atoms with Crippen molar-refractivity contribution in [2.75, 3.05) is 18.9 Å². The van der Waals surface area contributed by atoms with E-state index in [1.807, 2.05) is 18.2 Å². The van der Waals surface area contributed by atoms with E-state index in [1.165, 1.54) is 23.9 Å². The lowest BCUT2D eigenvalue weighted by Gasteiger charge is -2.13. The van der Waals surface area contributed by atoms with Gasteiger partial charge in [0.1, 0.15) is 5.82 Å². The highest BCUT2D eigenvalue weighted by molar-refractivity contribution is 7.99. The minimum Gasteiger partial charge on any atom is -0.376 e. The molecule has 2 heterocycles. The Morgan fingerprint density at radius 3 is 2.73 bits per heavy atom. The van der Waals surface area contributed by atoms with Crippen molar-refractivity contribution in [3.63, 3.8) is 0 Å². The number of ether oxygens (including phenoxy) is 1. The highest BCUT2D eigenvalue weighted by atomic mass is 32.2. The third-order valence-corrected chi connectivity index (χ3v) is 6.02. The Morgan fingerprint density at radius 1 is 1.20 bits per heavy atom. The van der Waals surface area contributed by atoms with Crippen molar-refractivity contribution >= 4 is 17.7 Å². The average molecular weight is 426 g/mol. The predicted octanol–water partition coefficient (Wildman–Crippen LogP) is 4.12. The van der Waals surface area contributed by atoms with Gasteiger partial charge in [-0.1, -0.05) is 42.1 Å². The Bertz CT molecular complexity index is 970. The molecule has 0 aliphatic carbocycles. The molecule has 0 saturated carbocycles. The van der Waals surface area contributed by atoms with Crippen LogP contribution in [-0.4, -0.2) is 40.5 Å². The molecule has 1 aliphatic rings. The summed E-state index contributed by atoms with van der Waals surface area (Å²) >= 11 is 1.40. The molecule has 1 fully saturated rings. The highest BCUT2D eigenvalue weighted by Gasteiger charge is 2.18. The van der Waals surface area contributed by atoms with Gasteiger partial charge in [-0.25, -0.2) is 9.37 Å². The summed E-state index contributed by atoms with van der Waals surface area (Å²) in [5.41, 5.74) is 2.90. The molecule has 1 aromatic heterocycles. The number of rotatable bonds is 8. The molecule has 1 aliphatic heterocycles. The van der Waals surface area contributed by atoms with Gasteiger partial charge in [-0.3, -0.25) is 4.79 Å². The highest BCUT2D eigenvalue weighted by Crippen LogP contribution is 2.27. The second kappa shape index (κ2) is 9.91. The smallest absolute Gasteiger partial charge is 0.230 e. The van der Waals surface area contributed by atoms with E-state index in [9.17, 15) is 9.18 Å². The molecule has 7 heteroatoms. The van der Waals surface area contributed by atoms with Gasteiger partial charge in [-0.2, -0.15) is 0 Å². The van der Waals surface area contributed by atoms with E-state index in [2.05, 4.69) is 27.0 Å². The summed E-state index contributed by atoms with van der Waals surface area (Å²) in [4.78, 5) is 16.8. The number of benzene rings is 2. The largest absolute Gasteiger partial charge is 0.376 e. The number of amides is 1. The van der Waals surface area contributed by atoms with Crippen LogP contribution in [-0.2, 0) is 16.1 Å². The second-order valence-electron chi connectivity index (χ2n) is 7.23. The van der Waals surface area contributed by atoms with E-state index in [1.54, 1.807) is 18.3 Å². The molecular formula is C23H24FN3O2S. The minimum atomic E-state index is -0.273. The lowest BCUT2D eigenvalue weighted by atomic mass is 10.1. The molecule has 0 bridgehead atoms. The van der Waals surface area contributed by atoms with E-state index in [4.69, 9.17) is 4.74 Å². The molecule has 0 radical (unpaired) electrons. The molecule has 1 N–H and O–H groups in total. The molecule has 1 unspecified atom stereocenters. The first-order valence-corrected chi connectivity index (χ1v) is 11.0. The lowest BCUT2D eigenvalue weighted by molar-refractivity contribution is -0.119. The second-order valence-corrected chi connectivity index (χ2v) is 8.17. The van der Waals surface area contributed by atoms with Crippen molar-refractivity contribution in [3.8, 4) is 11.3 Å². The Labute approximate surface area is 179 Å². The molecular weight excluding hydrogens is 401 g/mol. The minimum absolute atomic E-state index is 0.0342. The predicted molar refractivity (Wildman–Crippen MR) is 116 cm³/mol. The summed E-state index contributed by atoms with van der Waals surface area (Å²) in [5.74, 6) is -0.0278. The van der Waals surface area contributed by atoms with Gasteiger partial charge in [0, 0.05) is 13.2 Å². The van der Waals surface area contributed by atoms with Crippen molar-refractivity contribution in [3.05, 3.63) is 72.2 Å². The number of hydrogen-bond acceptors (Lipinski definition) is 4. The zero-order valence-corrected chi connectivity index (χ0v) is 17.4. The first-order valence-electron chi connectivity index (χ1n) is 10.1. The maximum absolute atomic E-state index is 13.4. The van der Waals surface area contributed by atoms with Crippen LogP contribution in [0.3, 0.4) is 0 Å². The maximum atomic E-state index is 13.4. The zero-order chi connectivity index (χ0) is 20.8. The lowest BCUT2D eigenvalue weighted by Crippen LogP contribution is -2.32. The van der Waals surface area contributed by atoms with Crippen LogP contribution in [0.15, 0.2) is 66.0 Å². The first kappa shape index (κ1) is 20.6. The van der Waals surface area contributed by atoms with E-state index in [0.717, 1.165) is 41.4 Å². The quantitative estimate of drug-likeness (QED) is 0.552. The summed E-state index contributed by atoms with van der Waals surface area (Å²) in [6.07, 6.45) is 3.96. The van der Waals surface area contributed by atoms with Crippen LogP contribution >= 0.6 is 11.8 Å². The Hall–Kier alpha value is -2.64. The van der Waals surface area contributed by atoms with Crippen LogP contribution in [0.4, 0.5) is 4.39 Å². The maximum Gasteiger partial charge on any atom is 0.230 e. The molecule has 2 aromatic carbocycles. The third-order valence-electron chi connectivity index (χ3n) is 5.03. The van der Waals surface area contributed by atoms with Gasteiger partial charge in [-0.15, -0.1) is 0 Å². The third kappa shape index (κ3) is 5.29. The Morgan fingerprint density at radius 2 is 2.00 bits per heavy atom. The number of carbonyl (C=O) groups excluding carboxylic acids is 1. The number of imidazole rings is 1. The molecule has 1 amide bonds. The molecule has 1 saturated heterocycles. The average Bonchev–Trinajstić information content (AvgIpc) is 3.42. The fraction of sp³-hybridized carbons (Fsp3) is 0.304. The monoisotopic (exact) mass is 425 g/mol. The van der Waals surface area contributed by atoms with Gasteiger partial charge in [0.05, 0.1) is 30.3 Å². The van der Waals surface area contributed by atoms with Gasteiger partial charge < -0.3 is 14.6 Å². The van der Waals surface area contributed by atoms with Crippen molar-refractivity contribution < 1.29 is 13.9 Å². The Kier molecular flexibility index (Phi) is 6.81. The number of halogens is 1. The fourth-order valence-electron chi connectivity index (χ4n) is 3.46. The number of hydrogen-bond donors (Lipinski definition) is 1. The van der Waals surface area contributed by atoms with E-state index < -0.39 is 0 Å². The molecule has 3 aromatic rings. The first-order chi connectivity index (χ1) is 14.7. The summed E-state index contributed by atoms with van der Waals surface area (Å²) in [5, 5.41) is 3.70. The van der Waals surface area contributed by atoms with Gasteiger partial charge >= 0.3 is 0 Å². The van der Waals surface area contributed by atoms with E-state index in [0.29, 0.717) is 13.1 Å². The van der Waals surface area contributed by atoms with Crippen LogP contribution in [0.1, 0.15) is 18.4 Å². The van der Waals surface area contributed by atoms with Gasteiger partial charge in [0.15, 0.2) is 5.16 Å². The van der Waals surface area contributed by atoms with Gasteiger partial charge in [0.25, 0.3) is 0 Å². The van der Waals surface area contributed by atoms with Crippen molar-refractivity contribution in [1.29, 1.82) is 0 Å². The standard InChI is InChI=1S/C23H24FN3O2S/c24-19-10-8-18(9-11-19)21-14-26-23(27(21)15-17-5-2-1-3-6-17)30-16-22(28)25-13-20-7-4-12-29-20/h1-3,5-6,8-11,14,20H,4,7,12-13,15-16H2,(H,25,28). The summed E-state index contributed by atoms with van der Waals surface area (Å²) in [7, 11) is 0. The number of carbonyl (C=O) groups is 1. The molecule has 1 atom stereocenters. The zero-order valence-electron chi connectivity index (χ0n) is 16.6. The van der Waals surface area contributed by atoms with Crippen molar-refractivity contribution in [2.24, 2.45) is 0 Å². The van der Waals surface area contributed by atoms with Crippen molar-refractivity contribution in [2.45, 2.75) is 30.6 Å². The number of nitrogens with zero attached hydrogens (tertiary/aromatic N) is 2. The molecule has 0 spiro atoms. The number of thioether (sulfide) groups is 1. The van der Waals surface area contributed by atoms with Gasteiger partial charge in [-0.05, 0) is 48.2 Å². The molecule has 4 rings (SSSR count). The Balaban J connectivity index is 1.48. The van der Waals surface area contributed by atoms with Crippen LogP contribution in [0.2, 0.25) is 0 Å². The number of aromatic nitrogens is 2.